The second-order valence-electron chi connectivity index (χ2n) is 3.37. The van der Waals surface area contributed by atoms with Gasteiger partial charge in [-0.05, 0) is 0 Å². The Morgan fingerprint density at radius 3 is 2.62 bits per heavy atom. The van der Waals surface area contributed by atoms with Crippen molar-refractivity contribution in [3.8, 4) is 0 Å². The molecule has 1 rings (SSSR count). The van der Waals surface area contributed by atoms with Gasteiger partial charge in [-0.3, -0.25) is 4.84 Å². The minimum Gasteiger partial charge on any atom is -0.391 e. The van der Waals surface area contributed by atoms with E-state index in [-0.39, 0.29) is 6.61 Å². The molecule has 16 heavy (non-hydrogen) atoms. The number of amides is 2. The zero-order chi connectivity index (χ0) is 12.3. The predicted molar refractivity (Wildman–Crippen MR) is 47.6 cm³/mol. The van der Waals surface area contributed by atoms with Crippen LogP contribution in [0, 0.1) is 0 Å². The first-order valence-corrected chi connectivity index (χ1v) is 4.45. The maximum absolute atomic E-state index is 10.2. The highest BCUT2D eigenvalue weighted by Gasteiger charge is 2.53. The normalized spacial score (nSPS) is 38.6. The first-order valence-electron chi connectivity index (χ1n) is 4.45. The van der Waals surface area contributed by atoms with E-state index in [0.717, 1.165) is 0 Å². The van der Waals surface area contributed by atoms with Gasteiger partial charge in [0.05, 0.1) is 6.61 Å². The van der Waals surface area contributed by atoms with E-state index in [0.29, 0.717) is 0 Å². The molecule has 0 aromatic heterocycles. The standard InChI is InChI=1S/C7H14N2O7/c8-6(13)9-15-1-3-4(11)5(12)7(14,2-10)16-3/h3-5,10-12,14H,1-2H2,(H3,8,9,13)/t3-,4-,5-,7?/m1/s1. The highest BCUT2D eigenvalue weighted by atomic mass is 16.7. The van der Waals surface area contributed by atoms with Gasteiger partial charge in [-0.15, -0.1) is 0 Å². The lowest BCUT2D eigenvalue weighted by Gasteiger charge is -2.22. The minimum atomic E-state index is -2.24. The third-order valence-electron chi connectivity index (χ3n) is 2.17. The number of rotatable bonds is 4. The SMILES string of the molecule is NC(=O)NOC[C@H]1OC(O)(CO)[C@H](O)[C@@H]1O. The predicted octanol–water partition coefficient (Wildman–Crippen LogP) is -3.61. The number of nitrogens with one attached hydrogen (secondary N) is 1. The van der Waals surface area contributed by atoms with Crippen molar-refractivity contribution in [3.05, 3.63) is 0 Å². The van der Waals surface area contributed by atoms with Crippen LogP contribution in [0.25, 0.3) is 0 Å². The lowest BCUT2D eigenvalue weighted by molar-refractivity contribution is -0.250. The van der Waals surface area contributed by atoms with Gasteiger partial charge < -0.3 is 30.9 Å². The van der Waals surface area contributed by atoms with Crippen LogP contribution in [-0.2, 0) is 9.57 Å². The molecule has 0 spiro atoms. The van der Waals surface area contributed by atoms with Crippen LogP contribution in [0.1, 0.15) is 0 Å². The maximum atomic E-state index is 10.2. The lowest BCUT2D eigenvalue weighted by atomic mass is 10.1. The highest BCUT2D eigenvalue weighted by molar-refractivity contribution is 5.70. The molecular formula is C7H14N2O7. The smallest absolute Gasteiger partial charge is 0.336 e. The number of ether oxygens (including phenoxy) is 1. The Labute approximate surface area is 90.3 Å². The van der Waals surface area contributed by atoms with Crippen LogP contribution in [0.3, 0.4) is 0 Å². The second-order valence-corrected chi connectivity index (χ2v) is 3.37. The number of aliphatic hydroxyl groups excluding tert-OH is 3. The largest absolute Gasteiger partial charge is 0.391 e. The molecule has 9 heteroatoms. The molecule has 2 amide bonds. The first-order chi connectivity index (χ1) is 7.40. The van der Waals surface area contributed by atoms with Gasteiger partial charge >= 0.3 is 6.03 Å². The number of aliphatic hydroxyl groups is 4. The summed E-state index contributed by atoms with van der Waals surface area (Å²) < 4.78 is 4.79. The molecular weight excluding hydrogens is 224 g/mol. The molecule has 1 heterocycles. The van der Waals surface area contributed by atoms with Crippen molar-refractivity contribution in [3.63, 3.8) is 0 Å². The van der Waals surface area contributed by atoms with Gasteiger partial charge in [0.15, 0.2) is 0 Å². The van der Waals surface area contributed by atoms with E-state index in [1.165, 1.54) is 0 Å². The van der Waals surface area contributed by atoms with E-state index < -0.39 is 36.7 Å². The van der Waals surface area contributed by atoms with Crippen molar-refractivity contribution >= 4 is 6.03 Å². The molecule has 0 aromatic carbocycles. The Bertz CT molecular complexity index is 263. The van der Waals surface area contributed by atoms with E-state index in [1.807, 2.05) is 0 Å². The van der Waals surface area contributed by atoms with E-state index in [1.54, 1.807) is 5.48 Å². The third kappa shape index (κ3) is 2.58. The average molecular weight is 238 g/mol. The fourth-order valence-electron chi connectivity index (χ4n) is 1.33. The van der Waals surface area contributed by atoms with Crippen LogP contribution in [0.5, 0.6) is 0 Å². The summed E-state index contributed by atoms with van der Waals surface area (Å²) in [7, 11) is 0. The number of urea groups is 1. The maximum Gasteiger partial charge on any atom is 0.336 e. The van der Waals surface area contributed by atoms with Crippen LogP contribution in [0.4, 0.5) is 4.79 Å². The molecule has 7 N–H and O–H groups in total. The highest BCUT2D eigenvalue weighted by Crippen LogP contribution is 2.28. The van der Waals surface area contributed by atoms with Crippen molar-refractivity contribution in [2.45, 2.75) is 24.1 Å². The minimum absolute atomic E-state index is 0.344. The number of hydroxylamine groups is 1. The number of carbonyl (C=O) groups is 1. The fraction of sp³-hybridized carbons (Fsp3) is 0.857. The summed E-state index contributed by atoms with van der Waals surface area (Å²) in [4.78, 5) is 14.8. The number of hydrogen-bond acceptors (Lipinski definition) is 7. The Balaban J connectivity index is 2.48. The zero-order valence-corrected chi connectivity index (χ0v) is 8.24. The van der Waals surface area contributed by atoms with Gasteiger partial charge in [0.25, 0.3) is 0 Å². The summed E-state index contributed by atoms with van der Waals surface area (Å²) in [5, 5.41) is 37.0. The van der Waals surface area contributed by atoms with Crippen LogP contribution < -0.4 is 11.2 Å². The van der Waals surface area contributed by atoms with Gasteiger partial charge in [0.1, 0.15) is 24.9 Å². The molecule has 1 aliphatic rings. The van der Waals surface area contributed by atoms with Gasteiger partial charge in [-0.25, -0.2) is 10.3 Å². The first kappa shape index (κ1) is 13.1. The monoisotopic (exact) mass is 238 g/mol. The lowest BCUT2D eigenvalue weighted by Crippen LogP contribution is -2.46. The number of nitrogens with two attached hydrogens (primary N) is 1. The topological polar surface area (TPSA) is 154 Å². The summed E-state index contributed by atoms with van der Waals surface area (Å²) in [5.41, 5.74) is 6.48. The third-order valence-corrected chi connectivity index (χ3v) is 2.17. The Morgan fingerprint density at radius 2 is 2.19 bits per heavy atom. The molecule has 0 saturated carbocycles. The van der Waals surface area contributed by atoms with Crippen LogP contribution >= 0.6 is 0 Å². The van der Waals surface area contributed by atoms with Crippen LogP contribution in [0.15, 0.2) is 0 Å². The summed E-state index contributed by atoms with van der Waals surface area (Å²) in [6.07, 6.45) is -4.22. The Morgan fingerprint density at radius 1 is 1.56 bits per heavy atom. The Kier molecular flexibility index (Phi) is 4.02. The van der Waals surface area contributed by atoms with Crippen molar-refractivity contribution in [1.82, 2.24) is 5.48 Å². The molecule has 9 nitrogen and oxygen atoms in total. The molecule has 0 bridgehead atoms. The zero-order valence-electron chi connectivity index (χ0n) is 8.24. The van der Waals surface area contributed by atoms with E-state index in [2.05, 4.69) is 4.84 Å². The number of hydrogen-bond donors (Lipinski definition) is 6. The van der Waals surface area contributed by atoms with Gasteiger partial charge in [-0.1, -0.05) is 0 Å². The van der Waals surface area contributed by atoms with Crippen molar-refractivity contribution in [2.24, 2.45) is 5.73 Å². The molecule has 1 aliphatic heterocycles. The second kappa shape index (κ2) is 4.91. The quantitative estimate of drug-likeness (QED) is 0.276. The molecule has 1 saturated heterocycles. The molecule has 4 atom stereocenters. The summed E-state index contributed by atoms with van der Waals surface area (Å²) in [5.74, 6) is -2.24. The van der Waals surface area contributed by atoms with Crippen LogP contribution in [-0.4, -0.2) is 63.8 Å². The van der Waals surface area contributed by atoms with Gasteiger partial charge in [0.2, 0.25) is 5.79 Å². The fourth-order valence-corrected chi connectivity index (χ4v) is 1.33. The molecule has 1 fully saturated rings. The van der Waals surface area contributed by atoms with Gasteiger partial charge in [0, 0.05) is 0 Å². The molecule has 1 unspecified atom stereocenters. The van der Waals surface area contributed by atoms with Crippen molar-refractivity contribution in [2.75, 3.05) is 13.2 Å². The Hall–Kier alpha value is -0.970. The molecule has 94 valence electrons. The van der Waals surface area contributed by atoms with Crippen molar-refractivity contribution in [1.29, 1.82) is 0 Å². The molecule has 0 aliphatic carbocycles. The summed E-state index contributed by atoms with van der Waals surface area (Å²) in [6.45, 7) is -1.23. The summed E-state index contributed by atoms with van der Waals surface area (Å²) >= 11 is 0. The number of carbonyl (C=O) groups excluding carboxylic acids is 1. The van der Waals surface area contributed by atoms with Crippen LogP contribution in [0.2, 0.25) is 0 Å². The van der Waals surface area contributed by atoms with E-state index >= 15 is 0 Å². The molecule has 0 radical (unpaired) electrons. The van der Waals surface area contributed by atoms with Crippen molar-refractivity contribution < 1.29 is 34.8 Å². The number of primary amides is 1. The average Bonchev–Trinajstić information content (AvgIpc) is 2.44. The van der Waals surface area contributed by atoms with Gasteiger partial charge in [-0.2, -0.15) is 0 Å². The van der Waals surface area contributed by atoms with E-state index in [4.69, 9.17) is 15.6 Å². The summed E-state index contributed by atoms with van der Waals surface area (Å²) in [6, 6.07) is -0.939. The van der Waals surface area contributed by atoms with E-state index in [9.17, 15) is 20.1 Å². The molecule has 0 aromatic rings.